The van der Waals surface area contributed by atoms with Crippen LogP contribution >= 0.6 is 15.9 Å². The van der Waals surface area contributed by atoms with Crippen LogP contribution in [0.4, 0.5) is 5.69 Å². The topological polar surface area (TPSA) is 71.1 Å². The van der Waals surface area contributed by atoms with Gasteiger partial charge in [-0.25, -0.2) is 0 Å². The molecule has 1 aromatic heterocycles. The first-order valence-corrected chi connectivity index (χ1v) is 8.12. The van der Waals surface area contributed by atoms with Crippen LogP contribution < -0.4 is 10.6 Å². The van der Waals surface area contributed by atoms with E-state index in [1.54, 1.807) is 18.2 Å². The lowest BCUT2D eigenvalue weighted by molar-refractivity contribution is 0.0939. The summed E-state index contributed by atoms with van der Waals surface area (Å²) in [4.78, 5) is 28.4. The second kappa shape index (κ2) is 7.87. The Kier molecular flexibility index (Phi) is 5.87. The number of nitrogens with one attached hydrogen (secondary N) is 2. The van der Waals surface area contributed by atoms with E-state index in [1.807, 2.05) is 26.0 Å². The fraction of sp³-hybridized carbons (Fsp3) is 0.235. The highest BCUT2D eigenvalue weighted by molar-refractivity contribution is 9.10. The third-order valence-corrected chi connectivity index (χ3v) is 3.88. The number of carbonyl (C=O) groups excluding carboxylic acids is 2. The van der Waals surface area contributed by atoms with Gasteiger partial charge in [0.05, 0.1) is 0 Å². The monoisotopic (exact) mass is 375 g/mol. The zero-order chi connectivity index (χ0) is 16.8. The number of pyridine rings is 1. The summed E-state index contributed by atoms with van der Waals surface area (Å²) in [6, 6.07) is 10.4. The molecule has 2 aromatic rings. The van der Waals surface area contributed by atoms with Crippen molar-refractivity contribution in [2.24, 2.45) is 0 Å². The highest BCUT2D eigenvalue weighted by atomic mass is 79.9. The molecule has 23 heavy (non-hydrogen) atoms. The predicted molar refractivity (Wildman–Crippen MR) is 93.6 cm³/mol. The zero-order valence-electron chi connectivity index (χ0n) is 13.0. The Bertz CT molecular complexity index is 701. The minimum Gasteiger partial charge on any atom is -0.350 e. The van der Waals surface area contributed by atoms with E-state index in [1.165, 1.54) is 12.3 Å². The van der Waals surface area contributed by atoms with E-state index in [0.29, 0.717) is 11.3 Å². The van der Waals surface area contributed by atoms with Crippen LogP contribution in [0, 0.1) is 0 Å². The lowest BCUT2D eigenvalue weighted by Crippen LogP contribution is -2.32. The van der Waals surface area contributed by atoms with Crippen LogP contribution in [-0.2, 0) is 0 Å². The van der Waals surface area contributed by atoms with Crippen molar-refractivity contribution in [1.29, 1.82) is 0 Å². The molecule has 0 saturated heterocycles. The molecule has 1 unspecified atom stereocenters. The molecule has 1 heterocycles. The largest absolute Gasteiger partial charge is 0.350 e. The van der Waals surface area contributed by atoms with Crippen molar-refractivity contribution >= 4 is 33.4 Å². The van der Waals surface area contributed by atoms with Crippen molar-refractivity contribution in [3.05, 3.63) is 58.3 Å². The predicted octanol–water partition coefficient (Wildman–Crippen LogP) is 3.62. The van der Waals surface area contributed by atoms with Crippen molar-refractivity contribution in [2.75, 3.05) is 5.32 Å². The molecule has 2 rings (SSSR count). The van der Waals surface area contributed by atoms with Crippen LogP contribution in [0.25, 0.3) is 0 Å². The fourth-order valence-corrected chi connectivity index (χ4v) is 2.10. The number of nitrogens with zero attached hydrogens (tertiary/aromatic N) is 1. The molecule has 1 aromatic carbocycles. The summed E-state index contributed by atoms with van der Waals surface area (Å²) in [7, 11) is 0. The molecule has 0 aliphatic heterocycles. The Hall–Kier alpha value is -2.21. The van der Waals surface area contributed by atoms with Gasteiger partial charge in [-0.3, -0.25) is 14.6 Å². The van der Waals surface area contributed by atoms with Gasteiger partial charge in [0, 0.05) is 28.0 Å². The summed E-state index contributed by atoms with van der Waals surface area (Å²) in [6.45, 7) is 3.93. The van der Waals surface area contributed by atoms with Gasteiger partial charge in [0.15, 0.2) is 0 Å². The van der Waals surface area contributed by atoms with Crippen molar-refractivity contribution in [1.82, 2.24) is 10.3 Å². The molecule has 6 heteroatoms. The number of benzene rings is 1. The molecule has 0 saturated carbocycles. The van der Waals surface area contributed by atoms with Crippen molar-refractivity contribution in [3.63, 3.8) is 0 Å². The third kappa shape index (κ3) is 4.89. The van der Waals surface area contributed by atoms with Crippen molar-refractivity contribution < 1.29 is 9.59 Å². The Labute approximate surface area is 143 Å². The maximum absolute atomic E-state index is 12.2. The Balaban J connectivity index is 2.10. The van der Waals surface area contributed by atoms with E-state index >= 15 is 0 Å². The third-order valence-electron chi connectivity index (χ3n) is 3.35. The van der Waals surface area contributed by atoms with E-state index in [2.05, 4.69) is 31.5 Å². The molecule has 120 valence electrons. The molecule has 5 nitrogen and oxygen atoms in total. The second-order valence-corrected chi connectivity index (χ2v) is 6.09. The van der Waals surface area contributed by atoms with Crippen molar-refractivity contribution in [3.8, 4) is 0 Å². The number of hydrogen-bond acceptors (Lipinski definition) is 3. The lowest BCUT2D eigenvalue weighted by atomic mass is 10.2. The molecule has 0 spiro atoms. The minimum atomic E-state index is -0.356. The normalized spacial score (nSPS) is 11.6. The van der Waals surface area contributed by atoms with Crippen molar-refractivity contribution in [2.45, 2.75) is 26.3 Å². The number of carbonyl (C=O) groups is 2. The molecule has 0 radical (unpaired) electrons. The average Bonchev–Trinajstić information content (AvgIpc) is 2.56. The number of aromatic nitrogens is 1. The minimum absolute atomic E-state index is 0.0794. The van der Waals surface area contributed by atoms with Gasteiger partial charge in [-0.05, 0) is 49.7 Å². The molecule has 2 amide bonds. The fourth-order valence-electron chi connectivity index (χ4n) is 1.83. The molecular weight excluding hydrogens is 358 g/mol. The zero-order valence-corrected chi connectivity index (χ0v) is 14.6. The highest BCUT2D eigenvalue weighted by Gasteiger charge is 2.13. The first-order valence-electron chi connectivity index (χ1n) is 7.33. The maximum Gasteiger partial charge on any atom is 0.274 e. The first kappa shape index (κ1) is 17.1. The summed E-state index contributed by atoms with van der Waals surface area (Å²) < 4.78 is 0.928. The molecule has 2 N–H and O–H groups in total. The van der Waals surface area contributed by atoms with E-state index in [4.69, 9.17) is 0 Å². The van der Waals surface area contributed by atoms with Gasteiger partial charge in [0.2, 0.25) is 0 Å². The van der Waals surface area contributed by atoms with Gasteiger partial charge < -0.3 is 10.6 Å². The molecular formula is C17H18BrN3O2. The van der Waals surface area contributed by atoms with E-state index < -0.39 is 0 Å². The van der Waals surface area contributed by atoms with Gasteiger partial charge in [-0.2, -0.15) is 0 Å². The lowest BCUT2D eigenvalue weighted by Gasteiger charge is -2.11. The van der Waals surface area contributed by atoms with Crippen LogP contribution in [0.1, 0.15) is 41.1 Å². The number of hydrogen-bond donors (Lipinski definition) is 2. The number of anilines is 1. The molecule has 1 atom stereocenters. The smallest absolute Gasteiger partial charge is 0.274 e. The van der Waals surface area contributed by atoms with Gasteiger partial charge >= 0.3 is 0 Å². The number of halogens is 1. The Morgan fingerprint density at radius 1 is 1.17 bits per heavy atom. The first-order chi connectivity index (χ1) is 11.0. The van der Waals surface area contributed by atoms with E-state index in [0.717, 1.165) is 10.9 Å². The standard InChI is InChI=1S/C17H18BrN3O2/c1-3-11(2)20-16(22)12-8-9-19-15(10-12)17(23)21-14-6-4-13(18)5-7-14/h4-11H,3H2,1-2H3,(H,20,22)(H,21,23). The van der Waals surface area contributed by atoms with Gasteiger partial charge in [0.1, 0.15) is 5.69 Å². The highest BCUT2D eigenvalue weighted by Crippen LogP contribution is 2.15. The summed E-state index contributed by atoms with van der Waals surface area (Å²) in [5.74, 6) is -0.565. The van der Waals surface area contributed by atoms with Gasteiger partial charge in [-0.15, -0.1) is 0 Å². The molecule has 0 aliphatic rings. The number of amides is 2. The summed E-state index contributed by atoms with van der Waals surface area (Å²) in [6.07, 6.45) is 2.30. The molecule has 0 aliphatic carbocycles. The van der Waals surface area contributed by atoms with Gasteiger partial charge in [-0.1, -0.05) is 22.9 Å². The van der Waals surface area contributed by atoms with Crippen LogP contribution in [-0.4, -0.2) is 22.8 Å². The van der Waals surface area contributed by atoms with Crippen LogP contribution in [0.2, 0.25) is 0 Å². The number of rotatable bonds is 5. The second-order valence-electron chi connectivity index (χ2n) is 5.17. The van der Waals surface area contributed by atoms with E-state index in [9.17, 15) is 9.59 Å². The molecule has 0 fully saturated rings. The van der Waals surface area contributed by atoms with Gasteiger partial charge in [0.25, 0.3) is 11.8 Å². The summed E-state index contributed by atoms with van der Waals surface area (Å²) >= 11 is 3.34. The molecule has 0 bridgehead atoms. The summed E-state index contributed by atoms with van der Waals surface area (Å²) in [5.41, 5.74) is 1.28. The maximum atomic E-state index is 12.2. The summed E-state index contributed by atoms with van der Waals surface area (Å²) in [5, 5.41) is 5.61. The average molecular weight is 376 g/mol. The van der Waals surface area contributed by atoms with Crippen LogP contribution in [0.15, 0.2) is 47.1 Å². The van der Waals surface area contributed by atoms with Crippen LogP contribution in [0.5, 0.6) is 0 Å². The quantitative estimate of drug-likeness (QED) is 0.837. The SMILES string of the molecule is CCC(C)NC(=O)c1ccnc(C(=O)Nc2ccc(Br)cc2)c1. The Morgan fingerprint density at radius 2 is 1.87 bits per heavy atom. The van der Waals surface area contributed by atoms with E-state index in [-0.39, 0.29) is 23.6 Å². The Morgan fingerprint density at radius 3 is 2.52 bits per heavy atom. The van der Waals surface area contributed by atoms with Crippen LogP contribution in [0.3, 0.4) is 0 Å².